The van der Waals surface area contributed by atoms with Crippen LogP contribution in [0.3, 0.4) is 0 Å². The van der Waals surface area contributed by atoms with E-state index in [2.05, 4.69) is 10.2 Å². The van der Waals surface area contributed by atoms with Gasteiger partial charge in [-0.05, 0) is 37.1 Å². The molecule has 0 radical (unpaired) electrons. The number of carbonyl (C=O) groups excluding carboxylic acids is 1. The maximum atomic E-state index is 12.3. The minimum atomic E-state index is 0.0484. The van der Waals surface area contributed by atoms with Crippen molar-refractivity contribution in [2.75, 3.05) is 16.8 Å². The zero-order valence-corrected chi connectivity index (χ0v) is 15.4. The summed E-state index contributed by atoms with van der Waals surface area (Å²) in [6.45, 7) is 2.82. The molecule has 2 heterocycles. The molecule has 4 nitrogen and oxygen atoms in total. The van der Waals surface area contributed by atoms with Gasteiger partial charge in [-0.3, -0.25) is 4.79 Å². The number of fused-ring (bicyclic) bond motifs is 2. The van der Waals surface area contributed by atoms with E-state index in [0.717, 1.165) is 53.0 Å². The lowest BCUT2D eigenvalue weighted by atomic mass is 10.1. The highest BCUT2D eigenvalue weighted by atomic mass is 35.5. The number of rotatable bonds is 4. The normalized spacial score (nSPS) is 13.1. The van der Waals surface area contributed by atoms with E-state index in [1.165, 1.54) is 0 Å². The second-order valence-electron chi connectivity index (χ2n) is 6.49. The van der Waals surface area contributed by atoms with Gasteiger partial charge in [-0.1, -0.05) is 42.8 Å². The molecule has 0 bridgehead atoms. The van der Waals surface area contributed by atoms with Crippen LogP contribution in [0.15, 0.2) is 48.5 Å². The fourth-order valence-electron chi connectivity index (χ4n) is 3.50. The molecule has 0 fully saturated rings. The highest BCUT2D eigenvalue weighted by Crippen LogP contribution is 2.41. The maximum Gasteiger partial charge on any atom is 0.224 e. The van der Waals surface area contributed by atoms with Gasteiger partial charge in [0.05, 0.1) is 11.2 Å². The van der Waals surface area contributed by atoms with E-state index in [9.17, 15) is 4.79 Å². The molecule has 1 aliphatic rings. The van der Waals surface area contributed by atoms with Crippen LogP contribution >= 0.6 is 11.6 Å². The minimum absolute atomic E-state index is 0.0484. The molecule has 2 aromatic carbocycles. The number of para-hydroxylation sites is 1. The van der Waals surface area contributed by atoms with Gasteiger partial charge in [-0.15, -0.1) is 0 Å². The Balaban J connectivity index is 1.85. The number of hydrogen-bond acceptors (Lipinski definition) is 3. The van der Waals surface area contributed by atoms with Crippen LogP contribution in [0.5, 0.6) is 0 Å². The first-order valence-corrected chi connectivity index (χ1v) is 9.29. The largest absolute Gasteiger partial charge is 0.326 e. The molecule has 1 aliphatic heterocycles. The molecule has 0 atom stereocenters. The first kappa shape index (κ1) is 16.9. The molecule has 3 aromatic rings. The third-order valence-corrected chi connectivity index (χ3v) is 4.91. The molecule has 4 rings (SSSR count). The molecule has 5 heteroatoms. The highest BCUT2D eigenvalue weighted by molar-refractivity contribution is 6.30. The van der Waals surface area contributed by atoms with Gasteiger partial charge < -0.3 is 10.2 Å². The van der Waals surface area contributed by atoms with Crippen molar-refractivity contribution in [3.05, 3.63) is 59.1 Å². The van der Waals surface area contributed by atoms with Crippen LogP contribution in [0.25, 0.3) is 10.9 Å². The highest BCUT2D eigenvalue weighted by Gasteiger charge is 2.27. The van der Waals surface area contributed by atoms with Crippen LogP contribution < -0.4 is 10.2 Å². The maximum absolute atomic E-state index is 12.3. The van der Waals surface area contributed by atoms with Crippen LogP contribution in [0.2, 0.25) is 5.02 Å². The number of amides is 1. The van der Waals surface area contributed by atoms with Crippen molar-refractivity contribution in [3.63, 3.8) is 0 Å². The van der Waals surface area contributed by atoms with Crippen LogP contribution in [0.1, 0.15) is 25.3 Å². The Morgan fingerprint density at radius 1 is 1.23 bits per heavy atom. The molecule has 0 saturated heterocycles. The summed E-state index contributed by atoms with van der Waals surface area (Å²) in [5.74, 6) is 0.949. The number of hydrogen-bond donors (Lipinski definition) is 1. The smallest absolute Gasteiger partial charge is 0.224 e. The minimum Gasteiger partial charge on any atom is -0.326 e. The van der Waals surface area contributed by atoms with E-state index in [1.54, 1.807) is 0 Å². The molecular formula is C21H20ClN3O. The number of aromatic nitrogens is 1. The molecule has 0 spiro atoms. The lowest BCUT2D eigenvalue weighted by molar-refractivity contribution is -0.116. The Bertz CT molecular complexity index is 986. The van der Waals surface area contributed by atoms with Gasteiger partial charge in [-0.25, -0.2) is 4.98 Å². The van der Waals surface area contributed by atoms with E-state index < -0.39 is 0 Å². The van der Waals surface area contributed by atoms with E-state index >= 15 is 0 Å². The van der Waals surface area contributed by atoms with Crippen molar-refractivity contribution in [3.8, 4) is 0 Å². The van der Waals surface area contributed by atoms with Crippen molar-refractivity contribution in [2.24, 2.45) is 0 Å². The van der Waals surface area contributed by atoms with Gasteiger partial charge >= 0.3 is 0 Å². The number of halogens is 1. The summed E-state index contributed by atoms with van der Waals surface area (Å²) in [7, 11) is 0. The summed E-state index contributed by atoms with van der Waals surface area (Å²) in [6, 6.07) is 15.8. The van der Waals surface area contributed by atoms with Crippen molar-refractivity contribution in [1.29, 1.82) is 0 Å². The standard InChI is InChI=1S/C21H20ClN3O/c1-2-6-19(26)24-20-16-9-3-4-10-18(16)23-21-17(20)11-12-25(21)15-8-5-7-14(22)13-15/h3-5,7-10,13H,2,6,11-12H2,1H3,(H,23,24,26). The molecule has 132 valence electrons. The summed E-state index contributed by atoms with van der Waals surface area (Å²) >= 11 is 6.18. The fraction of sp³-hybridized carbons (Fsp3) is 0.238. The Morgan fingerprint density at radius 3 is 2.88 bits per heavy atom. The number of nitrogens with zero attached hydrogens (tertiary/aromatic N) is 2. The van der Waals surface area contributed by atoms with E-state index in [4.69, 9.17) is 16.6 Å². The number of nitrogens with one attached hydrogen (secondary N) is 1. The lowest BCUT2D eigenvalue weighted by Gasteiger charge is -2.20. The second-order valence-corrected chi connectivity index (χ2v) is 6.92. The first-order chi connectivity index (χ1) is 12.7. The van der Waals surface area contributed by atoms with E-state index in [-0.39, 0.29) is 5.91 Å². The topological polar surface area (TPSA) is 45.2 Å². The van der Waals surface area contributed by atoms with Crippen molar-refractivity contribution < 1.29 is 4.79 Å². The molecular weight excluding hydrogens is 346 g/mol. The number of pyridine rings is 1. The molecule has 26 heavy (non-hydrogen) atoms. The van der Waals surface area contributed by atoms with Gasteiger partial charge in [0, 0.05) is 34.6 Å². The zero-order valence-electron chi connectivity index (χ0n) is 14.6. The second kappa shape index (κ2) is 6.96. The first-order valence-electron chi connectivity index (χ1n) is 8.92. The van der Waals surface area contributed by atoms with Gasteiger partial charge in [0.1, 0.15) is 5.82 Å². The lowest BCUT2D eigenvalue weighted by Crippen LogP contribution is -2.15. The van der Waals surface area contributed by atoms with Crippen molar-refractivity contribution in [2.45, 2.75) is 26.2 Å². The SMILES string of the molecule is CCCC(=O)Nc1c2c(nc3ccccc13)N(c1cccc(Cl)c1)CC2. The van der Waals surface area contributed by atoms with Crippen molar-refractivity contribution in [1.82, 2.24) is 4.98 Å². The Labute approximate surface area is 157 Å². The number of benzene rings is 2. The van der Waals surface area contributed by atoms with Crippen molar-refractivity contribution >= 4 is 45.6 Å². The Hall–Kier alpha value is -2.59. The quantitative estimate of drug-likeness (QED) is 0.680. The summed E-state index contributed by atoms with van der Waals surface area (Å²) in [6.07, 6.45) is 2.18. The third-order valence-electron chi connectivity index (χ3n) is 4.67. The predicted octanol–water partition coefficient (Wildman–Crippen LogP) is 5.32. The summed E-state index contributed by atoms with van der Waals surface area (Å²) in [5, 5.41) is 4.83. The number of anilines is 3. The summed E-state index contributed by atoms with van der Waals surface area (Å²) < 4.78 is 0. The monoisotopic (exact) mass is 365 g/mol. The van der Waals surface area contributed by atoms with Crippen LogP contribution in [-0.4, -0.2) is 17.4 Å². The molecule has 0 saturated carbocycles. The van der Waals surface area contributed by atoms with E-state index in [1.807, 2.05) is 55.5 Å². The van der Waals surface area contributed by atoms with Gasteiger partial charge in [0.2, 0.25) is 5.91 Å². The number of carbonyl (C=O) groups is 1. The summed E-state index contributed by atoms with van der Waals surface area (Å²) in [4.78, 5) is 19.3. The van der Waals surface area contributed by atoms with Gasteiger partial charge in [-0.2, -0.15) is 0 Å². The van der Waals surface area contributed by atoms with Gasteiger partial charge in [0.15, 0.2) is 0 Å². The van der Waals surface area contributed by atoms with Crippen LogP contribution in [0.4, 0.5) is 17.2 Å². The van der Waals surface area contributed by atoms with Gasteiger partial charge in [0.25, 0.3) is 0 Å². The summed E-state index contributed by atoms with van der Waals surface area (Å²) in [5.41, 5.74) is 3.89. The van der Waals surface area contributed by atoms with Crippen LogP contribution in [-0.2, 0) is 11.2 Å². The molecule has 1 amide bonds. The average Bonchev–Trinajstić information content (AvgIpc) is 3.05. The van der Waals surface area contributed by atoms with E-state index in [0.29, 0.717) is 11.4 Å². The molecule has 1 aromatic heterocycles. The molecule has 1 N–H and O–H groups in total. The average molecular weight is 366 g/mol. The fourth-order valence-corrected chi connectivity index (χ4v) is 3.68. The third kappa shape index (κ3) is 3.01. The predicted molar refractivity (Wildman–Crippen MR) is 107 cm³/mol. The van der Waals surface area contributed by atoms with Crippen LogP contribution in [0, 0.1) is 0 Å². The zero-order chi connectivity index (χ0) is 18.1. The Kier molecular flexibility index (Phi) is 4.51. The Morgan fingerprint density at radius 2 is 2.08 bits per heavy atom. The molecule has 0 aliphatic carbocycles. The molecule has 0 unspecified atom stereocenters.